The van der Waals surface area contributed by atoms with Gasteiger partial charge >= 0.3 is 12.1 Å². The van der Waals surface area contributed by atoms with Gasteiger partial charge in [-0.25, -0.2) is 0 Å². The molecule has 0 atom stereocenters. The maximum atomic E-state index is 12.7. The number of hydrogen-bond donors (Lipinski definition) is 1. The first-order valence-electron chi connectivity index (χ1n) is 7.05. The van der Waals surface area contributed by atoms with Crippen molar-refractivity contribution in [3.05, 3.63) is 29.8 Å². The standard InChI is InChI=1S/C15H18F5NO2/c1-23-12-9-5-4-8-11(12)7-3-2-6-10-21-13(22)14(16,17)15(18,19)20/h4-5,8-9H,2-3,6-7,10H2,1H3,(H,21,22). The number of para-hydroxylation sites is 1. The number of rotatable bonds is 8. The average Bonchev–Trinajstić information content (AvgIpc) is 2.49. The molecule has 0 heterocycles. The molecule has 1 aromatic carbocycles. The number of ether oxygens (including phenoxy) is 1. The van der Waals surface area contributed by atoms with Crippen LogP contribution in [0, 0.1) is 0 Å². The van der Waals surface area contributed by atoms with E-state index in [0.717, 1.165) is 11.3 Å². The Balaban J connectivity index is 2.27. The van der Waals surface area contributed by atoms with Gasteiger partial charge in [0.1, 0.15) is 5.75 Å². The summed E-state index contributed by atoms with van der Waals surface area (Å²) in [5.74, 6) is -6.93. The van der Waals surface area contributed by atoms with Crippen molar-refractivity contribution in [2.75, 3.05) is 13.7 Å². The van der Waals surface area contributed by atoms with Gasteiger partial charge < -0.3 is 10.1 Å². The third kappa shape index (κ3) is 5.37. The second kappa shape index (κ2) is 8.12. The van der Waals surface area contributed by atoms with Crippen molar-refractivity contribution < 1.29 is 31.5 Å². The zero-order valence-corrected chi connectivity index (χ0v) is 12.6. The summed E-state index contributed by atoms with van der Waals surface area (Å²) in [4.78, 5) is 10.9. The number of unbranched alkanes of at least 4 members (excludes halogenated alkanes) is 2. The van der Waals surface area contributed by atoms with Gasteiger partial charge in [-0.05, 0) is 30.9 Å². The Bertz CT molecular complexity index is 517. The molecule has 0 spiro atoms. The van der Waals surface area contributed by atoms with Crippen LogP contribution in [0.15, 0.2) is 24.3 Å². The van der Waals surface area contributed by atoms with E-state index >= 15 is 0 Å². The highest BCUT2D eigenvalue weighted by Crippen LogP contribution is 2.35. The lowest BCUT2D eigenvalue weighted by Crippen LogP contribution is -2.50. The second-order valence-electron chi connectivity index (χ2n) is 4.95. The van der Waals surface area contributed by atoms with E-state index in [4.69, 9.17) is 4.74 Å². The lowest BCUT2D eigenvalue weighted by molar-refractivity contribution is -0.269. The highest BCUT2D eigenvalue weighted by atomic mass is 19.4. The molecule has 130 valence electrons. The SMILES string of the molecule is COc1ccccc1CCCCCNC(=O)C(F)(F)C(F)(F)F. The van der Waals surface area contributed by atoms with Gasteiger partial charge in [-0.15, -0.1) is 0 Å². The summed E-state index contributed by atoms with van der Waals surface area (Å²) in [5.41, 5.74) is 0.989. The molecule has 1 aromatic rings. The zero-order valence-electron chi connectivity index (χ0n) is 12.6. The van der Waals surface area contributed by atoms with Gasteiger partial charge in [-0.2, -0.15) is 22.0 Å². The van der Waals surface area contributed by atoms with E-state index in [2.05, 4.69) is 0 Å². The summed E-state index contributed by atoms with van der Waals surface area (Å²) >= 11 is 0. The molecule has 1 N–H and O–H groups in total. The fourth-order valence-electron chi connectivity index (χ4n) is 1.97. The Labute approximate surface area is 130 Å². The monoisotopic (exact) mass is 339 g/mol. The molecule has 0 aliphatic heterocycles. The van der Waals surface area contributed by atoms with Crippen molar-refractivity contribution in [2.24, 2.45) is 0 Å². The van der Waals surface area contributed by atoms with Crippen LogP contribution < -0.4 is 10.1 Å². The summed E-state index contributed by atoms with van der Waals surface area (Å²) in [6, 6.07) is 7.40. The smallest absolute Gasteiger partial charge is 0.463 e. The molecule has 0 aromatic heterocycles. The number of nitrogens with one attached hydrogen (secondary N) is 1. The summed E-state index contributed by atoms with van der Waals surface area (Å²) < 4.78 is 66.3. The first kappa shape index (κ1) is 19.2. The maximum Gasteiger partial charge on any atom is 0.463 e. The van der Waals surface area contributed by atoms with E-state index in [1.807, 2.05) is 24.3 Å². The highest BCUT2D eigenvalue weighted by molar-refractivity contribution is 5.84. The molecule has 0 saturated heterocycles. The van der Waals surface area contributed by atoms with Gasteiger partial charge in [-0.1, -0.05) is 24.6 Å². The molecule has 3 nitrogen and oxygen atoms in total. The second-order valence-corrected chi connectivity index (χ2v) is 4.95. The van der Waals surface area contributed by atoms with Crippen LogP contribution in [0.25, 0.3) is 0 Å². The van der Waals surface area contributed by atoms with E-state index in [1.165, 1.54) is 0 Å². The van der Waals surface area contributed by atoms with Crippen molar-refractivity contribution in [2.45, 2.75) is 37.8 Å². The molecule has 8 heteroatoms. The van der Waals surface area contributed by atoms with E-state index < -0.39 is 18.0 Å². The largest absolute Gasteiger partial charge is 0.496 e. The molecule has 0 saturated carbocycles. The first-order chi connectivity index (χ1) is 10.7. The minimum absolute atomic E-state index is 0.226. The molecule has 1 rings (SSSR count). The molecule has 1 amide bonds. The third-order valence-electron chi connectivity index (χ3n) is 3.24. The molecule has 0 unspecified atom stereocenters. The maximum absolute atomic E-state index is 12.7. The number of methoxy groups -OCH3 is 1. The number of hydrogen-bond acceptors (Lipinski definition) is 2. The minimum atomic E-state index is -5.87. The molecule has 0 bridgehead atoms. The zero-order chi connectivity index (χ0) is 17.5. The number of carbonyl (C=O) groups excluding carboxylic acids is 1. The lowest BCUT2D eigenvalue weighted by Gasteiger charge is -2.18. The minimum Gasteiger partial charge on any atom is -0.496 e. The summed E-state index contributed by atoms with van der Waals surface area (Å²) in [6.45, 7) is -0.226. The lowest BCUT2D eigenvalue weighted by atomic mass is 10.1. The van der Waals surface area contributed by atoms with Crippen LogP contribution in [0.2, 0.25) is 0 Å². The van der Waals surface area contributed by atoms with Crippen LogP contribution in [0.1, 0.15) is 24.8 Å². The molecule has 0 fully saturated rings. The van der Waals surface area contributed by atoms with Crippen LogP contribution >= 0.6 is 0 Å². The van der Waals surface area contributed by atoms with E-state index in [0.29, 0.717) is 25.7 Å². The highest BCUT2D eigenvalue weighted by Gasteiger charge is 2.63. The summed E-state index contributed by atoms with van der Waals surface area (Å²) in [7, 11) is 1.55. The van der Waals surface area contributed by atoms with Crippen molar-refractivity contribution in [3.8, 4) is 5.75 Å². The van der Waals surface area contributed by atoms with Crippen LogP contribution in [-0.4, -0.2) is 31.7 Å². The number of amides is 1. The normalized spacial score (nSPS) is 12.1. The van der Waals surface area contributed by atoms with Crippen LogP contribution in [-0.2, 0) is 11.2 Å². The predicted molar refractivity (Wildman–Crippen MR) is 74.6 cm³/mol. The number of aryl methyl sites for hydroxylation is 1. The molecular weight excluding hydrogens is 321 g/mol. The molecular formula is C15H18F5NO2. The van der Waals surface area contributed by atoms with Crippen LogP contribution in [0.4, 0.5) is 22.0 Å². The Hall–Kier alpha value is -1.86. The molecule has 23 heavy (non-hydrogen) atoms. The summed E-state index contributed by atoms with van der Waals surface area (Å²) in [6.07, 6.45) is -3.59. The number of alkyl halides is 5. The molecule has 0 aliphatic rings. The van der Waals surface area contributed by atoms with Gasteiger partial charge in [0.15, 0.2) is 0 Å². The van der Waals surface area contributed by atoms with Crippen LogP contribution in [0.3, 0.4) is 0 Å². The fraction of sp³-hybridized carbons (Fsp3) is 0.533. The fourth-order valence-corrected chi connectivity index (χ4v) is 1.97. The van der Waals surface area contributed by atoms with Crippen molar-refractivity contribution in [3.63, 3.8) is 0 Å². The average molecular weight is 339 g/mol. The Morgan fingerprint density at radius 2 is 1.74 bits per heavy atom. The molecule has 0 radical (unpaired) electrons. The van der Waals surface area contributed by atoms with E-state index in [-0.39, 0.29) is 6.54 Å². The van der Waals surface area contributed by atoms with Crippen molar-refractivity contribution >= 4 is 5.91 Å². The number of carbonyl (C=O) groups is 1. The van der Waals surface area contributed by atoms with Gasteiger partial charge in [0, 0.05) is 6.54 Å². The quantitative estimate of drug-likeness (QED) is 0.579. The van der Waals surface area contributed by atoms with E-state index in [9.17, 15) is 26.7 Å². The van der Waals surface area contributed by atoms with Gasteiger partial charge in [0.2, 0.25) is 0 Å². The topological polar surface area (TPSA) is 38.3 Å². The van der Waals surface area contributed by atoms with Gasteiger partial charge in [-0.3, -0.25) is 4.79 Å². The summed E-state index contributed by atoms with van der Waals surface area (Å²) in [5, 5.41) is 1.62. The Morgan fingerprint density at radius 3 is 2.35 bits per heavy atom. The Kier molecular flexibility index (Phi) is 6.78. The number of halogens is 5. The molecule has 0 aliphatic carbocycles. The van der Waals surface area contributed by atoms with Crippen molar-refractivity contribution in [1.29, 1.82) is 0 Å². The van der Waals surface area contributed by atoms with Gasteiger partial charge in [0.25, 0.3) is 5.91 Å². The Morgan fingerprint density at radius 1 is 1.09 bits per heavy atom. The first-order valence-corrected chi connectivity index (χ1v) is 7.05. The van der Waals surface area contributed by atoms with Gasteiger partial charge in [0.05, 0.1) is 7.11 Å². The number of benzene rings is 1. The predicted octanol–water partition coefficient (Wildman–Crippen LogP) is 3.72. The van der Waals surface area contributed by atoms with Crippen LogP contribution in [0.5, 0.6) is 5.75 Å². The van der Waals surface area contributed by atoms with Crippen molar-refractivity contribution in [1.82, 2.24) is 5.32 Å². The van der Waals surface area contributed by atoms with E-state index in [1.54, 1.807) is 12.4 Å². The third-order valence-corrected chi connectivity index (χ3v) is 3.24.